The van der Waals surface area contributed by atoms with Crippen LogP contribution in [-0.2, 0) is 4.79 Å². The van der Waals surface area contributed by atoms with Gasteiger partial charge in [0.25, 0.3) is 0 Å². The topological polar surface area (TPSA) is 52.9 Å². The first-order valence-electron chi connectivity index (χ1n) is 5.85. The molecule has 3 nitrogen and oxygen atoms in total. The molecule has 0 bridgehead atoms. The second kappa shape index (κ2) is 6.46. The van der Waals surface area contributed by atoms with Crippen molar-refractivity contribution in [2.24, 2.45) is 0 Å². The van der Waals surface area contributed by atoms with Crippen molar-refractivity contribution in [2.45, 2.75) is 31.9 Å². The van der Waals surface area contributed by atoms with Crippen LogP contribution in [0.1, 0.15) is 32.8 Å². The molecular formula is C14H18N2OS. The molecule has 1 N–H and O–H groups in total. The van der Waals surface area contributed by atoms with Gasteiger partial charge in [0.2, 0.25) is 5.91 Å². The molecule has 1 rings (SSSR count). The smallest absolute Gasteiger partial charge is 0.225 e. The van der Waals surface area contributed by atoms with Gasteiger partial charge < -0.3 is 5.32 Å². The number of nitrogens with zero attached hydrogens (tertiary/aromatic N) is 1. The highest BCUT2D eigenvalue weighted by Gasteiger charge is 2.11. The van der Waals surface area contributed by atoms with E-state index in [0.717, 1.165) is 11.4 Å². The Morgan fingerprint density at radius 3 is 2.44 bits per heavy atom. The van der Waals surface area contributed by atoms with Crippen molar-refractivity contribution in [2.75, 3.05) is 11.1 Å². The van der Waals surface area contributed by atoms with Gasteiger partial charge in [-0.15, -0.1) is 0 Å². The molecule has 0 aromatic heterocycles. The van der Waals surface area contributed by atoms with Crippen LogP contribution in [0.3, 0.4) is 0 Å². The molecular weight excluding hydrogens is 244 g/mol. The van der Waals surface area contributed by atoms with E-state index in [1.165, 1.54) is 0 Å². The number of benzene rings is 1. The van der Waals surface area contributed by atoms with Gasteiger partial charge in [0.1, 0.15) is 0 Å². The van der Waals surface area contributed by atoms with E-state index in [-0.39, 0.29) is 10.7 Å². The summed E-state index contributed by atoms with van der Waals surface area (Å²) in [6, 6.07) is 8.92. The Morgan fingerprint density at radius 1 is 1.33 bits per heavy atom. The Kier molecular flexibility index (Phi) is 5.24. The molecule has 0 atom stereocenters. The maximum atomic E-state index is 11.7. The number of amides is 1. The zero-order valence-corrected chi connectivity index (χ0v) is 11.8. The van der Waals surface area contributed by atoms with Crippen molar-refractivity contribution < 1.29 is 4.79 Å². The van der Waals surface area contributed by atoms with Crippen molar-refractivity contribution >= 4 is 23.4 Å². The van der Waals surface area contributed by atoms with Crippen molar-refractivity contribution in [3.8, 4) is 6.07 Å². The Morgan fingerprint density at radius 2 is 1.94 bits per heavy atom. The van der Waals surface area contributed by atoms with Crippen LogP contribution in [0.5, 0.6) is 0 Å². The molecule has 0 saturated heterocycles. The van der Waals surface area contributed by atoms with Gasteiger partial charge in [0.15, 0.2) is 0 Å². The number of carbonyl (C=O) groups excluding carboxylic acids is 1. The molecule has 0 fully saturated rings. The molecule has 0 heterocycles. The molecule has 0 spiro atoms. The third-order valence-electron chi connectivity index (χ3n) is 2.16. The van der Waals surface area contributed by atoms with Crippen LogP contribution in [-0.4, -0.2) is 16.4 Å². The number of carbonyl (C=O) groups is 1. The average Bonchev–Trinajstić information content (AvgIpc) is 2.28. The highest BCUT2D eigenvalue weighted by Crippen LogP contribution is 2.23. The third kappa shape index (κ3) is 5.74. The minimum Gasteiger partial charge on any atom is -0.326 e. The first-order chi connectivity index (χ1) is 8.40. The summed E-state index contributed by atoms with van der Waals surface area (Å²) in [5, 5.41) is 11.5. The van der Waals surface area contributed by atoms with Crippen LogP contribution >= 0.6 is 11.8 Å². The Hall–Kier alpha value is -1.47. The molecule has 1 amide bonds. The van der Waals surface area contributed by atoms with E-state index in [2.05, 4.69) is 26.1 Å². The predicted molar refractivity (Wildman–Crippen MR) is 76.6 cm³/mol. The quantitative estimate of drug-likeness (QED) is 0.904. The van der Waals surface area contributed by atoms with Crippen molar-refractivity contribution in [1.82, 2.24) is 0 Å². The molecule has 96 valence electrons. The highest BCUT2D eigenvalue weighted by molar-refractivity contribution is 8.00. The summed E-state index contributed by atoms with van der Waals surface area (Å²) in [5.74, 6) is 0.822. The van der Waals surface area contributed by atoms with Gasteiger partial charge in [-0.1, -0.05) is 20.8 Å². The summed E-state index contributed by atoms with van der Waals surface area (Å²) >= 11 is 1.77. The summed E-state index contributed by atoms with van der Waals surface area (Å²) in [6.45, 7) is 6.41. The molecule has 0 aliphatic carbocycles. The van der Waals surface area contributed by atoms with Gasteiger partial charge in [-0.25, -0.2) is 0 Å². The summed E-state index contributed by atoms with van der Waals surface area (Å²) in [7, 11) is 0. The number of nitrogens with one attached hydrogen (secondary N) is 1. The monoisotopic (exact) mass is 262 g/mol. The van der Waals surface area contributed by atoms with Gasteiger partial charge in [-0.3, -0.25) is 4.79 Å². The average molecular weight is 262 g/mol. The maximum absolute atomic E-state index is 11.7. The van der Waals surface area contributed by atoms with E-state index in [0.29, 0.717) is 12.0 Å². The van der Waals surface area contributed by atoms with E-state index in [4.69, 9.17) is 5.26 Å². The first kappa shape index (κ1) is 14.6. The van der Waals surface area contributed by atoms with E-state index in [1.807, 2.05) is 6.07 Å². The second-order valence-corrected chi connectivity index (χ2v) is 6.87. The molecule has 0 saturated carbocycles. The van der Waals surface area contributed by atoms with Gasteiger partial charge in [0.05, 0.1) is 11.6 Å². The fraction of sp³-hybridized carbons (Fsp3) is 0.429. The molecule has 0 radical (unpaired) electrons. The summed E-state index contributed by atoms with van der Waals surface area (Å²) < 4.78 is 0.189. The van der Waals surface area contributed by atoms with Crippen LogP contribution in [0.4, 0.5) is 5.69 Å². The largest absolute Gasteiger partial charge is 0.326 e. The maximum Gasteiger partial charge on any atom is 0.225 e. The number of hydrogen-bond acceptors (Lipinski definition) is 3. The number of nitriles is 1. The molecule has 0 aliphatic rings. The molecule has 4 heteroatoms. The van der Waals surface area contributed by atoms with Crippen molar-refractivity contribution in [3.05, 3.63) is 29.8 Å². The van der Waals surface area contributed by atoms with E-state index >= 15 is 0 Å². The summed E-state index contributed by atoms with van der Waals surface area (Å²) in [5.41, 5.74) is 1.33. The lowest BCUT2D eigenvalue weighted by Crippen LogP contribution is -2.15. The summed E-state index contributed by atoms with van der Waals surface area (Å²) in [6.07, 6.45) is 0.502. The molecule has 0 unspecified atom stereocenters. The van der Waals surface area contributed by atoms with Crippen molar-refractivity contribution in [3.63, 3.8) is 0 Å². The van der Waals surface area contributed by atoms with Gasteiger partial charge >= 0.3 is 0 Å². The molecule has 1 aromatic carbocycles. The Bertz CT molecular complexity index is 440. The predicted octanol–water partition coefficient (Wildman–Crippen LogP) is 3.42. The first-order valence-corrected chi connectivity index (χ1v) is 6.83. The normalized spacial score (nSPS) is 10.8. The zero-order chi connectivity index (χ0) is 13.6. The number of anilines is 1. The number of rotatable bonds is 4. The van der Waals surface area contributed by atoms with Gasteiger partial charge in [-0.05, 0) is 24.3 Å². The SMILES string of the molecule is CC(C)(C)SCCC(=O)Nc1ccc(C#N)cc1. The zero-order valence-electron chi connectivity index (χ0n) is 11.0. The lowest BCUT2D eigenvalue weighted by atomic mass is 10.2. The van der Waals surface area contributed by atoms with Crippen molar-refractivity contribution in [1.29, 1.82) is 5.26 Å². The lowest BCUT2D eigenvalue weighted by Gasteiger charge is -2.17. The fourth-order valence-electron chi connectivity index (χ4n) is 1.30. The number of thioether (sulfide) groups is 1. The number of hydrogen-bond donors (Lipinski definition) is 1. The molecule has 0 aliphatic heterocycles. The van der Waals surface area contributed by atoms with Crippen LogP contribution in [0.15, 0.2) is 24.3 Å². The van der Waals surface area contributed by atoms with Gasteiger partial charge in [-0.2, -0.15) is 17.0 Å². The fourth-order valence-corrected chi connectivity index (χ4v) is 2.20. The van der Waals surface area contributed by atoms with Crippen LogP contribution in [0.25, 0.3) is 0 Å². The van der Waals surface area contributed by atoms with E-state index in [9.17, 15) is 4.79 Å². The minimum atomic E-state index is 0.0106. The standard InChI is InChI=1S/C14H18N2OS/c1-14(2,3)18-9-8-13(17)16-12-6-4-11(10-15)5-7-12/h4-7H,8-9H2,1-3H3,(H,16,17). The minimum absolute atomic E-state index is 0.0106. The summed E-state index contributed by atoms with van der Waals surface area (Å²) in [4.78, 5) is 11.7. The Labute approximate surface area is 113 Å². The van der Waals surface area contributed by atoms with Crippen LogP contribution in [0, 0.1) is 11.3 Å². The Balaban J connectivity index is 2.38. The van der Waals surface area contributed by atoms with Crippen LogP contribution < -0.4 is 5.32 Å². The highest BCUT2D eigenvalue weighted by atomic mass is 32.2. The molecule has 1 aromatic rings. The van der Waals surface area contributed by atoms with E-state index in [1.54, 1.807) is 36.0 Å². The van der Waals surface area contributed by atoms with Crippen LogP contribution in [0.2, 0.25) is 0 Å². The lowest BCUT2D eigenvalue weighted by molar-refractivity contribution is -0.115. The van der Waals surface area contributed by atoms with Gasteiger partial charge in [0, 0.05) is 22.6 Å². The third-order valence-corrected chi connectivity index (χ3v) is 3.44. The second-order valence-electron chi connectivity index (χ2n) is 4.95. The van der Waals surface area contributed by atoms with E-state index < -0.39 is 0 Å². The molecule has 18 heavy (non-hydrogen) atoms.